The van der Waals surface area contributed by atoms with Crippen LogP contribution in [-0.2, 0) is 6.42 Å². The molecule has 7 nitrogen and oxygen atoms in total. The zero-order valence-corrected chi connectivity index (χ0v) is 10.7. The number of hydrogen-bond acceptors (Lipinski definition) is 6. The molecule has 1 fully saturated rings. The Kier molecular flexibility index (Phi) is 3.32. The van der Waals surface area contributed by atoms with Crippen LogP contribution in [0.25, 0.3) is 0 Å². The van der Waals surface area contributed by atoms with Crippen molar-refractivity contribution in [2.45, 2.75) is 25.2 Å². The predicted octanol–water partition coefficient (Wildman–Crippen LogP) is 1.02. The average molecular weight is 274 g/mol. The van der Waals surface area contributed by atoms with Crippen molar-refractivity contribution in [1.29, 1.82) is 0 Å². The number of aromatic nitrogens is 3. The van der Waals surface area contributed by atoms with E-state index in [4.69, 9.17) is 4.52 Å². The molecule has 1 saturated carbocycles. The normalized spacial score (nSPS) is 14.2. The summed E-state index contributed by atoms with van der Waals surface area (Å²) in [6.07, 6.45) is 4.15. The molecule has 0 radical (unpaired) electrons. The molecule has 0 aromatic carbocycles. The molecule has 3 rings (SSSR count). The zero-order valence-electron chi connectivity index (χ0n) is 10.7. The summed E-state index contributed by atoms with van der Waals surface area (Å²) in [4.78, 5) is 19.9. The van der Waals surface area contributed by atoms with Crippen molar-refractivity contribution in [3.05, 3.63) is 35.7 Å². The van der Waals surface area contributed by atoms with E-state index in [0.29, 0.717) is 30.6 Å². The standard InChI is InChI=1S/C13H14N4O3/c18-9-2-1-6-14-11(9)12(19)15-7-5-10-16-13(20-17-10)8-3-4-8/h1-2,6,8,18H,3-5,7H2,(H,15,19). The summed E-state index contributed by atoms with van der Waals surface area (Å²) in [6.45, 7) is 0.360. The van der Waals surface area contributed by atoms with Crippen LogP contribution in [0.15, 0.2) is 22.9 Å². The highest BCUT2D eigenvalue weighted by Gasteiger charge is 2.29. The van der Waals surface area contributed by atoms with Crippen LogP contribution in [0.5, 0.6) is 5.75 Å². The van der Waals surface area contributed by atoms with E-state index in [1.807, 2.05) is 0 Å². The van der Waals surface area contributed by atoms with Gasteiger partial charge in [-0.2, -0.15) is 4.98 Å². The fourth-order valence-electron chi connectivity index (χ4n) is 1.81. The van der Waals surface area contributed by atoms with Crippen LogP contribution < -0.4 is 5.32 Å². The van der Waals surface area contributed by atoms with E-state index in [2.05, 4.69) is 20.4 Å². The highest BCUT2D eigenvalue weighted by molar-refractivity contribution is 5.94. The molecule has 0 atom stereocenters. The Balaban J connectivity index is 1.51. The monoisotopic (exact) mass is 274 g/mol. The number of nitrogens with one attached hydrogen (secondary N) is 1. The number of carbonyl (C=O) groups excluding carboxylic acids is 1. The third kappa shape index (κ3) is 2.76. The van der Waals surface area contributed by atoms with Gasteiger partial charge in [0.15, 0.2) is 11.5 Å². The zero-order chi connectivity index (χ0) is 13.9. The largest absolute Gasteiger partial charge is 0.505 e. The van der Waals surface area contributed by atoms with Gasteiger partial charge in [0, 0.05) is 25.1 Å². The lowest BCUT2D eigenvalue weighted by molar-refractivity contribution is 0.0946. The maximum absolute atomic E-state index is 11.8. The highest BCUT2D eigenvalue weighted by atomic mass is 16.5. The summed E-state index contributed by atoms with van der Waals surface area (Å²) in [5, 5.41) is 16.0. The minimum absolute atomic E-state index is 0.0132. The lowest BCUT2D eigenvalue weighted by Gasteiger charge is -2.03. The van der Waals surface area contributed by atoms with E-state index in [0.717, 1.165) is 12.8 Å². The molecule has 7 heteroatoms. The van der Waals surface area contributed by atoms with Crippen LogP contribution in [0.2, 0.25) is 0 Å². The third-order valence-electron chi connectivity index (χ3n) is 3.05. The number of amides is 1. The first-order valence-corrected chi connectivity index (χ1v) is 6.48. The molecule has 1 amide bonds. The topological polar surface area (TPSA) is 101 Å². The molecule has 2 aromatic heterocycles. The van der Waals surface area contributed by atoms with Gasteiger partial charge in [-0.1, -0.05) is 5.16 Å². The number of rotatable bonds is 5. The molecule has 1 aliphatic rings. The first kappa shape index (κ1) is 12.6. The minimum atomic E-state index is -0.422. The van der Waals surface area contributed by atoms with Crippen LogP contribution in [0.1, 0.15) is 41.0 Å². The Morgan fingerprint density at radius 2 is 2.35 bits per heavy atom. The molecule has 1 aliphatic carbocycles. The van der Waals surface area contributed by atoms with Crippen LogP contribution in [0, 0.1) is 0 Å². The minimum Gasteiger partial charge on any atom is -0.505 e. The van der Waals surface area contributed by atoms with Crippen molar-refractivity contribution < 1.29 is 14.4 Å². The molecule has 0 aliphatic heterocycles. The van der Waals surface area contributed by atoms with Gasteiger partial charge in [0.1, 0.15) is 5.75 Å². The lowest BCUT2D eigenvalue weighted by atomic mass is 10.3. The SMILES string of the molecule is O=C(NCCc1noc(C2CC2)n1)c1ncccc1O. The van der Waals surface area contributed by atoms with Gasteiger partial charge in [-0.05, 0) is 25.0 Å². The number of carbonyl (C=O) groups is 1. The van der Waals surface area contributed by atoms with Crippen molar-refractivity contribution in [2.24, 2.45) is 0 Å². The third-order valence-corrected chi connectivity index (χ3v) is 3.05. The highest BCUT2D eigenvalue weighted by Crippen LogP contribution is 2.38. The second-order valence-electron chi connectivity index (χ2n) is 4.70. The second kappa shape index (κ2) is 5.28. The second-order valence-corrected chi connectivity index (χ2v) is 4.70. The van der Waals surface area contributed by atoms with Crippen LogP contribution >= 0.6 is 0 Å². The Bertz CT molecular complexity index is 622. The summed E-state index contributed by atoms with van der Waals surface area (Å²) in [5.41, 5.74) is 0.0132. The summed E-state index contributed by atoms with van der Waals surface area (Å²) in [7, 11) is 0. The summed E-state index contributed by atoms with van der Waals surface area (Å²) in [6, 6.07) is 2.98. The van der Waals surface area contributed by atoms with Gasteiger partial charge >= 0.3 is 0 Å². The smallest absolute Gasteiger partial charge is 0.273 e. The van der Waals surface area contributed by atoms with Crippen molar-refractivity contribution in [2.75, 3.05) is 6.54 Å². The number of aromatic hydroxyl groups is 1. The van der Waals surface area contributed by atoms with E-state index in [1.54, 1.807) is 6.07 Å². The van der Waals surface area contributed by atoms with E-state index >= 15 is 0 Å². The van der Waals surface area contributed by atoms with Crippen LogP contribution in [0.3, 0.4) is 0 Å². The van der Waals surface area contributed by atoms with Crippen LogP contribution in [-0.4, -0.2) is 32.7 Å². The van der Waals surface area contributed by atoms with Crippen molar-refractivity contribution in [3.8, 4) is 5.75 Å². The lowest BCUT2D eigenvalue weighted by Crippen LogP contribution is -2.26. The van der Waals surface area contributed by atoms with Gasteiger partial charge in [0.25, 0.3) is 5.91 Å². The first-order valence-electron chi connectivity index (χ1n) is 6.48. The molecule has 0 bridgehead atoms. The summed E-state index contributed by atoms with van der Waals surface area (Å²) < 4.78 is 5.12. The molecular weight excluding hydrogens is 260 g/mol. The van der Waals surface area contributed by atoms with Gasteiger partial charge in [-0.15, -0.1) is 0 Å². The fraction of sp³-hybridized carbons (Fsp3) is 0.385. The first-order chi connectivity index (χ1) is 9.74. The Hall–Kier alpha value is -2.44. The van der Waals surface area contributed by atoms with Gasteiger partial charge in [0.2, 0.25) is 5.89 Å². The summed E-state index contributed by atoms with van der Waals surface area (Å²) >= 11 is 0. The predicted molar refractivity (Wildman–Crippen MR) is 68.2 cm³/mol. The molecular formula is C13H14N4O3. The summed E-state index contributed by atoms with van der Waals surface area (Å²) in [5.74, 6) is 1.14. The Labute approximate surface area is 115 Å². The number of hydrogen-bond donors (Lipinski definition) is 2. The fourth-order valence-corrected chi connectivity index (χ4v) is 1.81. The quantitative estimate of drug-likeness (QED) is 0.844. The molecule has 0 spiro atoms. The molecule has 2 heterocycles. The molecule has 0 saturated heterocycles. The number of nitrogens with zero attached hydrogens (tertiary/aromatic N) is 3. The maximum atomic E-state index is 11.8. The Morgan fingerprint density at radius 1 is 1.50 bits per heavy atom. The van der Waals surface area contributed by atoms with Gasteiger partial charge < -0.3 is 14.9 Å². The van der Waals surface area contributed by atoms with Gasteiger partial charge in [-0.3, -0.25) is 4.79 Å². The molecule has 2 N–H and O–H groups in total. The Morgan fingerprint density at radius 3 is 3.10 bits per heavy atom. The van der Waals surface area contributed by atoms with E-state index < -0.39 is 5.91 Å². The molecule has 2 aromatic rings. The van der Waals surface area contributed by atoms with E-state index in [1.165, 1.54) is 12.3 Å². The molecule has 104 valence electrons. The molecule has 0 unspecified atom stereocenters. The maximum Gasteiger partial charge on any atom is 0.273 e. The average Bonchev–Trinajstić information content (AvgIpc) is 3.19. The van der Waals surface area contributed by atoms with Gasteiger partial charge in [-0.25, -0.2) is 4.98 Å². The van der Waals surface area contributed by atoms with Crippen molar-refractivity contribution in [3.63, 3.8) is 0 Å². The molecule has 20 heavy (non-hydrogen) atoms. The van der Waals surface area contributed by atoms with E-state index in [-0.39, 0.29) is 11.4 Å². The van der Waals surface area contributed by atoms with Crippen molar-refractivity contribution >= 4 is 5.91 Å². The van der Waals surface area contributed by atoms with Crippen LogP contribution in [0.4, 0.5) is 0 Å². The van der Waals surface area contributed by atoms with Crippen molar-refractivity contribution in [1.82, 2.24) is 20.4 Å². The number of pyridine rings is 1. The van der Waals surface area contributed by atoms with Gasteiger partial charge in [0.05, 0.1) is 0 Å². The van der Waals surface area contributed by atoms with E-state index in [9.17, 15) is 9.90 Å².